The monoisotopic (exact) mass is 388 g/mol. The number of nitrogens with one attached hydrogen (secondary N) is 1. The first-order valence-electron chi connectivity index (χ1n) is 10.1. The van der Waals surface area contributed by atoms with Crippen molar-refractivity contribution < 1.29 is 23.8 Å². The molecule has 2 saturated heterocycles. The number of hydrogen-bond acceptors (Lipinski definition) is 5. The van der Waals surface area contributed by atoms with Crippen LogP contribution in [0.5, 0.6) is 5.75 Å². The predicted molar refractivity (Wildman–Crippen MR) is 103 cm³/mol. The molecule has 4 rings (SSSR count). The maximum Gasteiger partial charge on any atom is 0.228 e. The molecule has 0 radical (unpaired) electrons. The zero-order valence-electron chi connectivity index (χ0n) is 16.5. The Morgan fingerprint density at radius 1 is 1.11 bits per heavy atom. The largest absolute Gasteiger partial charge is 0.491 e. The van der Waals surface area contributed by atoms with Crippen LogP contribution in [-0.4, -0.2) is 54.9 Å². The number of ether oxygens (including phenoxy) is 3. The minimum Gasteiger partial charge on any atom is -0.491 e. The van der Waals surface area contributed by atoms with E-state index in [1.165, 1.54) is 0 Å². The number of piperidine rings is 1. The Hall–Kier alpha value is -2.12. The summed E-state index contributed by atoms with van der Waals surface area (Å²) in [5, 5.41) is 2.91. The zero-order valence-corrected chi connectivity index (χ0v) is 16.5. The van der Waals surface area contributed by atoms with Crippen molar-refractivity contribution in [3.05, 3.63) is 24.3 Å². The van der Waals surface area contributed by atoms with Gasteiger partial charge in [0.15, 0.2) is 5.79 Å². The van der Waals surface area contributed by atoms with Gasteiger partial charge in [0.2, 0.25) is 11.8 Å². The van der Waals surface area contributed by atoms with E-state index in [1.807, 2.05) is 43.0 Å². The lowest BCUT2D eigenvalue weighted by Crippen LogP contribution is -2.48. The Balaban J connectivity index is 1.25. The normalized spacial score (nSPS) is 25.8. The summed E-state index contributed by atoms with van der Waals surface area (Å²) in [4.78, 5) is 27.1. The first-order chi connectivity index (χ1) is 13.5. The van der Waals surface area contributed by atoms with Crippen molar-refractivity contribution in [2.24, 2.45) is 11.8 Å². The number of nitrogens with zero attached hydrogens (tertiary/aromatic N) is 1. The number of rotatable bonds is 5. The van der Waals surface area contributed by atoms with E-state index in [0.717, 1.165) is 11.4 Å². The van der Waals surface area contributed by atoms with Gasteiger partial charge < -0.3 is 24.4 Å². The van der Waals surface area contributed by atoms with Crippen LogP contribution in [0.15, 0.2) is 24.3 Å². The molecule has 1 saturated carbocycles. The summed E-state index contributed by atoms with van der Waals surface area (Å²) in [5.74, 6) is -0.175. The van der Waals surface area contributed by atoms with Gasteiger partial charge in [0.25, 0.3) is 0 Å². The number of carbonyl (C=O) groups excluding carboxylic acids is 2. The molecule has 2 aliphatic heterocycles. The summed E-state index contributed by atoms with van der Waals surface area (Å²) in [6, 6.07) is 7.31. The summed E-state index contributed by atoms with van der Waals surface area (Å²) in [6.45, 7) is 6.45. The fourth-order valence-corrected chi connectivity index (χ4v) is 3.97. The van der Waals surface area contributed by atoms with E-state index in [4.69, 9.17) is 14.2 Å². The van der Waals surface area contributed by atoms with E-state index in [-0.39, 0.29) is 29.8 Å². The highest BCUT2D eigenvalue weighted by Gasteiger charge is 2.51. The molecule has 2 unspecified atom stereocenters. The van der Waals surface area contributed by atoms with Gasteiger partial charge in [-0.2, -0.15) is 0 Å². The molecule has 7 heteroatoms. The standard InChI is InChI=1S/C21H28N2O5/c1-14(2)28-16-5-3-15(4-6-16)22-19(24)17-13-18(17)20(25)23-9-7-21(8-10-23)26-11-12-27-21/h3-6,14,17-18H,7-13H2,1-2H3,(H,22,24). The van der Waals surface area contributed by atoms with E-state index < -0.39 is 5.79 Å². The molecule has 3 aliphatic rings. The molecule has 1 aromatic rings. The summed E-state index contributed by atoms with van der Waals surface area (Å²) in [7, 11) is 0. The van der Waals surface area contributed by atoms with Gasteiger partial charge in [0.05, 0.1) is 31.2 Å². The molecular formula is C21H28N2O5. The first kappa shape index (κ1) is 19.2. The van der Waals surface area contributed by atoms with Crippen LogP contribution in [0.2, 0.25) is 0 Å². The van der Waals surface area contributed by atoms with Crippen molar-refractivity contribution in [1.29, 1.82) is 0 Å². The van der Waals surface area contributed by atoms with E-state index in [0.29, 0.717) is 45.6 Å². The molecule has 28 heavy (non-hydrogen) atoms. The van der Waals surface area contributed by atoms with E-state index >= 15 is 0 Å². The van der Waals surface area contributed by atoms with Gasteiger partial charge in [0.1, 0.15) is 5.75 Å². The summed E-state index contributed by atoms with van der Waals surface area (Å²) >= 11 is 0. The number of carbonyl (C=O) groups is 2. The van der Waals surface area contributed by atoms with Gasteiger partial charge in [-0.15, -0.1) is 0 Å². The van der Waals surface area contributed by atoms with Crippen molar-refractivity contribution in [1.82, 2.24) is 4.90 Å². The molecule has 1 N–H and O–H groups in total. The second-order valence-corrected chi connectivity index (χ2v) is 8.06. The fraction of sp³-hybridized carbons (Fsp3) is 0.619. The van der Waals surface area contributed by atoms with Crippen molar-refractivity contribution in [3.8, 4) is 5.75 Å². The number of likely N-dealkylation sites (tertiary alicyclic amines) is 1. The average molecular weight is 388 g/mol. The van der Waals surface area contributed by atoms with Crippen LogP contribution in [-0.2, 0) is 19.1 Å². The highest BCUT2D eigenvalue weighted by atomic mass is 16.7. The lowest BCUT2D eigenvalue weighted by Gasteiger charge is -2.37. The van der Waals surface area contributed by atoms with Crippen LogP contribution in [0.1, 0.15) is 33.1 Å². The Morgan fingerprint density at radius 2 is 1.75 bits per heavy atom. The second-order valence-electron chi connectivity index (χ2n) is 8.06. The highest BCUT2D eigenvalue weighted by molar-refractivity contribution is 5.99. The van der Waals surface area contributed by atoms with Crippen molar-refractivity contribution in [2.45, 2.75) is 45.0 Å². The summed E-state index contributed by atoms with van der Waals surface area (Å²) < 4.78 is 17.0. The molecule has 2 atom stereocenters. The van der Waals surface area contributed by atoms with Gasteiger partial charge in [0, 0.05) is 31.6 Å². The maximum absolute atomic E-state index is 12.7. The molecule has 2 amide bonds. The summed E-state index contributed by atoms with van der Waals surface area (Å²) in [5.41, 5.74) is 0.717. The quantitative estimate of drug-likeness (QED) is 0.838. The van der Waals surface area contributed by atoms with E-state index in [1.54, 1.807) is 0 Å². The highest BCUT2D eigenvalue weighted by Crippen LogP contribution is 2.42. The number of benzene rings is 1. The Labute approximate surface area is 165 Å². The van der Waals surface area contributed by atoms with Crippen molar-refractivity contribution >= 4 is 17.5 Å². The van der Waals surface area contributed by atoms with Gasteiger partial charge >= 0.3 is 0 Å². The topological polar surface area (TPSA) is 77.1 Å². The number of amides is 2. The smallest absolute Gasteiger partial charge is 0.228 e. The van der Waals surface area contributed by atoms with Crippen molar-refractivity contribution in [2.75, 3.05) is 31.6 Å². The predicted octanol–water partition coefficient (Wildman–Crippen LogP) is 2.41. The van der Waals surface area contributed by atoms with Crippen LogP contribution >= 0.6 is 0 Å². The third kappa shape index (κ3) is 4.15. The molecule has 1 aliphatic carbocycles. The number of anilines is 1. The molecule has 2 heterocycles. The summed E-state index contributed by atoms with van der Waals surface area (Å²) in [6.07, 6.45) is 2.13. The zero-order chi connectivity index (χ0) is 19.7. The molecular weight excluding hydrogens is 360 g/mol. The SMILES string of the molecule is CC(C)Oc1ccc(NC(=O)C2CC2C(=O)N2CCC3(CC2)OCCO3)cc1. The lowest BCUT2D eigenvalue weighted by atomic mass is 10.0. The Kier molecular flexibility index (Phi) is 5.29. The third-order valence-electron chi connectivity index (χ3n) is 5.59. The molecule has 7 nitrogen and oxygen atoms in total. The molecule has 1 spiro atoms. The first-order valence-corrected chi connectivity index (χ1v) is 10.1. The van der Waals surface area contributed by atoms with Crippen LogP contribution in [0.25, 0.3) is 0 Å². The second kappa shape index (κ2) is 7.72. The Morgan fingerprint density at radius 3 is 2.36 bits per heavy atom. The molecule has 0 bridgehead atoms. The molecule has 152 valence electrons. The van der Waals surface area contributed by atoms with Crippen LogP contribution < -0.4 is 10.1 Å². The van der Waals surface area contributed by atoms with Gasteiger partial charge in [-0.25, -0.2) is 0 Å². The van der Waals surface area contributed by atoms with Crippen molar-refractivity contribution in [3.63, 3.8) is 0 Å². The van der Waals surface area contributed by atoms with E-state index in [9.17, 15) is 9.59 Å². The average Bonchev–Trinajstić information content (AvgIpc) is 3.37. The van der Waals surface area contributed by atoms with Crippen LogP contribution in [0.4, 0.5) is 5.69 Å². The Bertz CT molecular complexity index is 717. The third-order valence-corrected chi connectivity index (χ3v) is 5.59. The fourth-order valence-electron chi connectivity index (χ4n) is 3.97. The number of hydrogen-bond donors (Lipinski definition) is 1. The molecule has 3 fully saturated rings. The molecule has 1 aromatic carbocycles. The van der Waals surface area contributed by atoms with Gasteiger partial charge in [-0.05, 0) is 44.5 Å². The van der Waals surface area contributed by atoms with Crippen LogP contribution in [0, 0.1) is 11.8 Å². The van der Waals surface area contributed by atoms with Gasteiger partial charge in [-0.3, -0.25) is 9.59 Å². The van der Waals surface area contributed by atoms with E-state index in [2.05, 4.69) is 5.32 Å². The molecule has 0 aromatic heterocycles. The van der Waals surface area contributed by atoms with Crippen LogP contribution in [0.3, 0.4) is 0 Å². The van der Waals surface area contributed by atoms with Gasteiger partial charge in [-0.1, -0.05) is 0 Å². The lowest BCUT2D eigenvalue weighted by molar-refractivity contribution is -0.187. The minimum atomic E-state index is -0.484. The minimum absolute atomic E-state index is 0.0775. The maximum atomic E-state index is 12.7.